The summed E-state index contributed by atoms with van der Waals surface area (Å²) in [5.74, 6) is 2.29. The average Bonchev–Trinajstić information content (AvgIpc) is 3.29. The summed E-state index contributed by atoms with van der Waals surface area (Å²) in [5, 5.41) is 3.44. The van der Waals surface area contributed by atoms with E-state index in [1.807, 2.05) is 12.1 Å². The molecule has 1 aromatic carbocycles. The molecule has 2 aromatic heterocycles. The first kappa shape index (κ1) is 14.7. The number of hydrogen-bond donors (Lipinski definition) is 2. The summed E-state index contributed by atoms with van der Waals surface area (Å²) < 4.78 is 5.32. The molecule has 2 N–H and O–H groups in total. The first-order valence-electron chi connectivity index (χ1n) is 8.10. The molecule has 24 heavy (non-hydrogen) atoms. The van der Waals surface area contributed by atoms with Crippen LogP contribution in [0.3, 0.4) is 0 Å². The Kier molecular flexibility index (Phi) is 3.90. The van der Waals surface area contributed by atoms with Crippen molar-refractivity contribution in [3.8, 4) is 5.75 Å². The van der Waals surface area contributed by atoms with Crippen LogP contribution in [0.1, 0.15) is 6.42 Å². The summed E-state index contributed by atoms with van der Waals surface area (Å²) in [6.07, 6.45) is 4.34. The van der Waals surface area contributed by atoms with Crippen LogP contribution in [0.2, 0.25) is 0 Å². The lowest BCUT2D eigenvalue weighted by molar-refractivity contribution is 0.415. The highest BCUT2D eigenvalue weighted by Crippen LogP contribution is 2.27. The van der Waals surface area contributed by atoms with E-state index in [0.29, 0.717) is 11.6 Å². The third kappa shape index (κ3) is 2.84. The van der Waals surface area contributed by atoms with Crippen molar-refractivity contribution in [1.82, 2.24) is 19.9 Å². The zero-order valence-electron chi connectivity index (χ0n) is 13.6. The zero-order chi connectivity index (χ0) is 16.4. The Morgan fingerprint density at radius 3 is 3.21 bits per heavy atom. The highest BCUT2D eigenvalue weighted by atomic mass is 16.5. The van der Waals surface area contributed by atoms with Gasteiger partial charge < -0.3 is 19.9 Å². The summed E-state index contributed by atoms with van der Waals surface area (Å²) in [6, 6.07) is 8.24. The van der Waals surface area contributed by atoms with Gasteiger partial charge in [0.2, 0.25) is 0 Å². The van der Waals surface area contributed by atoms with Gasteiger partial charge in [0.15, 0.2) is 11.5 Å². The molecule has 1 fully saturated rings. The van der Waals surface area contributed by atoms with Gasteiger partial charge in [0.1, 0.15) is 17.6 Å². The van der Waals surface area contributed by atoms with E-state index in [9.17, 15) is 0 Å². The zero-order valence-corrected chi connectivity index (χ0v) is 13.6. The number of nitrogens with zero attached hydrogens (tertiary/aromatic N) is 4. The van der Waals surface area contributed by atoms with Crippen molar-refractivity contribution in [3.05, 3.63) is 36.9 Å². The summed E-state index contributed by atoms with van der Waals surface area (Å²) in [4.78, 5) is 18.1. The fourth-order valence-corrected chi connectivity index (χ4v) is 3.18. The molecule has 3 heterocycles. The topological polar surface area (TPSA) is 79.0 Å². The van der Waals surface area contributed by atoms with Crippen LogP contribution in [0, 0.1) is 5.92 Å². The molecular formula is C17H20N6O. The number of nitrogens with one attached hydrogen (secondary N) is 2. The monoisotopic (exact) mass is 324 g/mol. The van der Waals surface area contributed by atoms with Crippen molar-refractivity contribution < 1.29 is 4.74 Å². The number of hydrogen-bond acceptors (Lipinski definition) is 6. The van der Waals surface area contributed by atoms with E-state index >= 15 is 0 Å². The van der Waals surface area contributed by atoms with Gasteiger partial charge in [-0.05, 0) is 24.5 Å². The smallest absolute Gasteiger partial charge is 0.182 e. The number of anilines is 2. The molecule has 1 saturated heterocycles. The number of H-pyrrole nitrogens is 1. The van der Waals surface area contributed by atoms with E-state index in [0.717, 1.165) is 43.1 Å². The van der Waals surface area contributed by atoms with Gasteiger partial charge in [0.05, 0.1) is 13.4 Å². The van der Waals surface area contributed by atoms with Gasteiger partial charge in [0.25, 0.3) is 0 Å². The highest BCUT2D eigenvalue weighted by Gasteiger charge is 2.23. The van der Waals surface area contributed by atoms with E-state index in [1.54, 1.807) is 19.8 Å². The number of aromatic amines is 1. The molecule has 0 bridgehead atoms. The van der Waals surface area contributed by atoms with E-state index in [-0.39, 0.29) is 0 Å². The number of methoxy groups -OCH3 is 1. The molecule has 0 radical (unpaired) electrons. The summed E-state index contributed by atoms with van der Waals surface area (Å²) in [5.41, 5.74) is 2.77. The minimum absolute atomic E-state index is 0.573. The summed E-state index contributed by atoms with van der Waals surface area (Å²) in [7, 11) is 1.70. The standard InChI is InChI=1S/C17H20N6O/c1-24-14-4-2-3-13(7-14)23-6-5-12(9-23)8-18-16-15-17(20-10-19-15)22-11-21-16/h2-4,7,10-12H,5-6,8-9H2,1H3,(H2,18,19,20,21,22)/t12-/m1/s1. The minimum atomic E-state index is 0.573. The molecule has 3 aromatic rings. The normalized spacial score (nSPS) is 17.4. The maximum atomic E-state index is 5.32. The van der Waals surface area contributed by atoms with E-state index in [4.69, 9.17) is 4.74 Å². The number of benzene rings is 1. The third-order valence-corrected chi connectivity index (χ3v) is 4.49. The molecule has 0 saturated carbocycles. The summed E-state index contributed by atoms with van der Waals surface area (Å²) in [6.45, 7) is 2.96. The Bertz CT molecular complexity index is 833. The van der Waals surface area contributed by atoms with Crippen molar-refractivity contribution in [3.63, 3.8) is 0 Å². The Balaban J connectivity index is 1.39. The van der Waals surface area contributed by atoms with Gasteiger partial charge in [-0.15, -0.1) is 0 Å². The maximum absolute atomic E-state index is 5.32. The van der Waals surface area contributed by atoms with Crippen LogP contribution < -0.4 is 15.0 Å². The van der Waals surface area contributed by atoms with Crippen molar-refractivity contribution in [1.29, 1.82) is 0 Å². The van der Waals surface area contributed by atoms with Crippen LogP contribution in [-0.4, -0.2) is 46.7 Å². The van der Waals surface area contributed by atoms with Crippen LogP contribution in [0.4, 0.5) is 11.5 Å². The average molecular weight is 324 g/mol. The number of imidazole rings is 1. The minimum Gasteiger partial charge on any atom is -0.497 e. The predicted molar refractivity (Wildman–Crippen MR) is 93.5 cm³/mol. The third-order valence-electron chi connectivity index (χ3n) is 4.49. The van der Waals surface area contributed by atoms with Gasteiger partial charge in [-0.1, -0.05) is 6.07 Å². The Labute approximate surface area is 140 Å². The SMILES string of the molecule is COc1cccc(N2CC[C@H](CNc3ncnc4nc[nH]c34)C2)c1. The second-order valence-electron chi connectivity index (χ2n) is 6.01. The van der Waals surface area contributed by atoms with Gasteiger partial charge in [-0.2, -0.15) is 0 Å². The van der Waals surface area contributed by atoms with E-state index < -0.39 is 0 Å². The van der Waals surface area contributed by atoms with E-state index in [2.05, 4.69) is 42.3 Å². The largest absolute Gasteiger partial charge is 0.497 e. The molecule has 0 unspecified atom stereocenters. The van der Waals surface area contributed by atoms with Crippen LogP contribution in [0.5, 0.6) is 5.75 Å². The van der Waals surface area contributed by atoms with E-state index in [1.165, 1.54) is 5.69 Å². The quantitative estimate of drug-likeness (QED) is 0.750. The molecular weight excluding hydrogens is 304 g/mol. The second kappa shape index (κ2) is 6.35. The number of ether oxygens (including phenoxy) is 1. The Morgan fingerprint density at radius 2 is 2.29 bits per heavy atom. The molecule has 0 aliphatic carbocycles. The fourth-order valence-electron chi connectivity index (χ4n) is 3.18. The molecule has 124 valence electrons. The molecule has 7 heteroatoms. The second-order valence-corrected chi connectivity index (χ2v) is 6.01. The first-order valence-corrected chi connectivity index (χ1v) is 8.10. The lowest BCUT2D eigenvalue weighted by Gasteiger charge is -2.19. The molecule has 4 rings (SSSR count). The first-order chi connectivity index (χ1) is 11.8. The van der Waals surface area contributed by atoms with Crippen molar-refractivity contribution in [2.75, 3.05) is 37.0 Å². The lowest BCUT2D eigenvalue weighted by atomic mass is 10.1. The molecule has 1 aliphatic rings. The lowest BCUT2D eigenvalue weighted by Crippen LogP contribution is -2.22. The molecule has 0 amide bonds. The van der Waals surface area contributed by atoms with Crippen molar-refractivity contribution in [2.45, 2.75) is 6.42 Å². The maximum Gasteiger partial charge on any atom is 0.182 e. The molecule has 1 aliphatic heterocycles. The fraction of sp³-hybridized carbons (Fsp3) is 0.353. The van der Waals surface area contributed by atoms with Gasteiger partial charge in [0, 0.05) is 31.4 Å². The van der Waals surface area contributed by atoms with Crippen LogP contribution >= 0.6 is 0 Å². The predicted octanol–water partition coefficient (Wildman–Crippen LogP) is 2.30. The Morgan fingerprint density at radius 1 is 1.33 bits per heavy atom. The van der Waals surface area contributed by atoms with Crippen LogP contribution in [0.25, 0.3) is 11.2 Å². The molecule has 1 atom stereocenters. The van der Waals surface area contributed by atoms with Crippen molar-refractivity contribution >= 4 is 22.7 Å². The van der Waals surface area contributed by atoms with Crippen molar-refractivity contribution in [2.24, 2.45) is 5.92 Å². The number of rotatable bonds is 5. The van der Waals surface area contributed by atoms with Gasteiger partial charge in [-0.3, -0.25) is 0 Å². The number of fused-ring (bicyclic) bond motifs is 1. The summed E-state index contributed by atoms with van der Waals surface area (Å²) >= 11 is 0. The van der Waals surface area contributed by atoms with Gasteiger partial charge in [-0.25, -0.2) is 15.0 Å². The van der Waals surface area contributed by atoms with Gasteiger partial charge >= 0.3 is 0 Å². The molecule has 7 nitrogen and oxygen atoms in total. The molecule has 0 spiro atoms. The Hall–Kier alpha value is -2.83. The number of aromatic nitrogens is 4. The van der Waals surface area contributed by atoms with Crippen LogP contribution in [-0.2, 0) is 0 Å². The highest BCUT2D eigenvalue weighted by molar-refractivity contribution is 5.81. The van der Waals surface area contributed by atoms with Crippen LogP contribution in [0.15, 0.2) is 36.9 Å².